The topological polar surface area (TPSA) is 138 Å². The lowest BCUT2D eigenvalue weighted by molar-refractivity contribution is -0.384. The molecular weight excluding hydrogens is 326 g/mol. The number of methoxy groups -OCH3 is 1. The van der Waals surface area contributed by atoms with Crippen molar-refractivity contribution in [3.8, 4) is 11.5 Å². The summed E-state index contributed by atoms with van der Waals surface area (Å²) in [6.07, 6.45) is 1.47. The molecule has 25 heavy (non-hydrogen) atoms. The van der Waals surface area contributed by atoms with Crippen LogP contribution in [0.25, 0.3) is 0 Å². The first-order valence-electron chi connectivity index (χ1n) is 7.15. The Balaban J connectivity index is 2.07. The molecule has 4 N–H and O–H groups in total. The van der Waals surface area contributed by atoms with Crippen LogP contribution < -0.4 is 20.9 Å². The lowest BCUT2D eigenvalue weighted by atomic mass is 10.2. The van der Waals surface area contributed by atoms with Gasteiger partial charge in [-0.25, -0.2) is 0 Å². The van der Waals surface area contributed by atoms with Gasteiger partial charge in [-0.2, -0.15) is 5.10 Å². The Bertz CT molecular complexity index is 799. The molecule has 0 amide bonds. The second-order valence-corrected chi connectivity index (χ2v) is 4.89. The van der Waals surface area contributed by atoms with E-state index in [9.17, 15) is 10.1 Å². The van der Waals surface area contributed by atoms with Gasteiger partial charge in [0.2, 0.25) is 5.96 Å². The van der Waals surface area contributed by atoms with E-state index >= 15 is 0 Å². The van der Waals surface area contributed by atoms with E-state index in [1.807, 2.05) is 0 Å². The van der Waals surface area contributed by atoms with Crippen molar-refractivity contribution in [3.05, 3.63) is 63.7 Å². The molecular formula is C16H17N5O4. The van der Waals surface area contributed by atoms with Gasteiger partial charge in [-0.05, 0) is 41.5 Å². The highest BCUT2D eigenvalue weighted by atomic mass is 16.6. The first kappa shape index (κ1) is 17.7. The summed E-state index contributed by atoms with van der Waals surface area (Å²) < 4.78 is 11.0. The molecule has 0 bridgehead atoms. The fourth-order valence-electron chi connectivity index (χ4n) is 1.92. The van der Waals surface area contributed by atoms with Crippen LogP contribution in [-0.2, 0) is 6.61 Å². The fraction of sp³-hybridized carbons (Fsp3) is 0.125. The SMILES string of the molecule is COc1cc(C=NN=C(N)N)ccc1OCc1ccc([N+](=O)[O-])cc1. The van der Waals surface area contributed by atoms with Gasteiger partial charge in [0.05, 0.1) is 18.2 Å². The summed E-state index contributed by atoms with van der Waals surface area (Å²) >= 11 is 0. The minimum absolute atomic E-state index is 0.0331. The second-order valence-electron chi connectivity index (χ2n) is 4.89. The second kappa shape index (κ2) is 8.29. The summed E-state index contributed by atoms with van der Waals surface area (Å²) in [5, 5.41) is 17.9. The maximum atomic E-state index is 10.6. The van der Waals surface area contributed by atoms with Crippen LogP contribution in [0.2, 0.25) is 0 Å². The third-order valence-corrected chi connectivity index (χ3v) is 3.11. The zero-order valence-electron chi connectivity index (χ0n) is 13.5. The molecule has 0 fully saturated rings. The molecule has 0 spiro atoms. The number of nitro benzene ring substituents is 1. The molecule has 0 atom stereocenters. The van der Waals surface area contributed by atoms with E-state index in [4.69, 9.17) is 20.9 Å². The number of hydrogen-bond donors (Lipinski definition) is 2. The molecule has 0 saturated heterocycles. The number of benzene rings is 2. The van der Waals surface area contributed by atoms with Gasteiger partial charge in [0.15, 0.2) is 11.5 Å². The Morgan fingerprint density at radius 3 is 2.52 bits per heavy atom. The van der Waals surface area contributed by atoms with E-state index < -0.39 is 4.92 Å². The van der Waals surface area contributed by atoms with Crippen molar-refractivity contribution in [3.63, 3.8) is 0 Å². The summed E-state index contributed by atoms with van der Waals surface area (Å²) in [6.45, 7) is 0.246. The number of hydrogen-bond acceptors (Lipinski definition) is 6. The molecule has 130 valence electrons. The maximum absolute atomic E-state index is 10.6. The maximum Gasteiger partial charge on any atom is 0.269 e. The van der Waals surface area contributed by atoms with E-state index in [1.165, 1.54) is 25.5 Å². The minimum atomic E-state index is -0.448. The van der Waals surface area contributed by atoms with Crippen molar-refractivity contribution >= 4 is 17.9 Å². The van der Waals surface area contributed by atoms with E-state index in [-0.39, 0.29) is 18.3 Å². The van der Waals surface area contributed by atoms with E-state index in [2.05, 4.69) is 10.2 Å². The van der Waals surface area contributed by atoms with Crippen molar-refractivity contribution in [1.82, 2.24) is 0 Å². The number of nitrogens with two attached hydrogens (primary N) is 2. The molecule has 9 heteroatoms. The quantitative estimate of drug-likeness (QED) is 0.340. The van der Waals surface area contributed by atoms with Crippen molar-refractivity contribution in [2.45, 2.75) is 6.61 Å². The van der Waals surface area contributed by atoms with Gasteiger partial charge in [-0.3, -0.25) is 10.1 Å². The highest BCUT2D eigenvalue weighted by Gasteiger charge is 2.07. The van der Waals surface area contributed by atoms with Crippen LogP contribution in [0.15, 0.2) is 52.7 Å². The van der Waals surface area contributed by atoms with Gasteiger partial charge in [-0.15, -0.1) is 5.10 Å². The third kappa shape index (κ3) is 5.20. The molecule has 2 rings (SSSR count). The van der Waals surface area contributed by atoms with Crippen LogP contribution in [0.3, 0.4) is 0 Å². The molecule has 0 unspecified atom stereocenters. The van der Waals surface area contributed by atoms with Crippen LogP contribution in [0, 0.1) is 10.1 Å². The van der Waals surface area contributed by atoms with Crippen molar-refractivity contribution in [2.75, 3.05) is 7.11 Å². The van der Waals surface area contributed by atoms with Crippen LogP contribution >= 0.6 is 0 Å². The molecule has 2 aromatic rings. The van der Waals surface area contributed by atoms with Crippen LogP contribution in [0.5, 0.6) is 11.5 Å². The van der Waals surface area contributed by atoms with E-state index in [0.717, 1.165) is 11.1 Å². The van der Waals surface area contributed by atoms with Crippen molar-refractivity contribution in [1.29, 1.82) is 0 Å². The zero-order chi connectivity index (χ0) is 18.2. The predicted molar refractivity (Wildman–Crippen MR) is 93.8 cm³/mol. The molecule has 0 radical (unpaired) electrons. The van der Waals surface area contributed by atoms with Gasteiger partial charge in [0.25, 0.3) is 5.69 Å². The summed E-state index contributed by atoms with van der Waals surface area (Å²) in [5.74, 6) is 0.904. The molecule has 9 nitrogen and oxygen atoms in total. The van der Waals surface area contributed by atoms with E-state index in [1.54, 1.807) is 30.3 Å². The molecule has 0 aromatic heterocycles. The smallest absolute Gasteiger partial charge is 0.269 e. The molecule has 0 saturated carbocycles. The number of rotatable bonds is 7. The molecule has 2 aromatic carbocycles. The van der Waals surface area contributed by atoms with Gasteiger partial charge >= 0.3 is 0 Å². The molecule has 0 aliphatic rings. The fourth-order valence-corrected chi connectivity index (χ4v) is 1.92. The highest BCUT2D eigenvalue weighted by molar-refractivity contribution is 5.82. The highest BCUT2D eigenvalue weighted by Crippen LogP contribution is 2.28. The summed E-state index contributed by atoms with van der Waals surface area (Å²) in [4.78, 5) is 10.2. The predicted octanol–water partition coefficient (Wildman–Crippen LogP) is 1.79. The monoisotopic (exact) mass is 343 g/mol. The van der Waals surface area contributed by atoms with Crippen LogP contribution in [0.4, 0.5) is 5.69 Å². The average molecular weight is 343 g/mol. The first-order valence-corrected chi connectivity index (χ1v) is 7.15. The largest absolute Gasteiger partial charge is 0.493 e. The standard InChI is InChI=1S/C16H17N5O4/c1-24-15-8-12(9-19-20-16(17)18)4-7-14(15)25-10-11-2-5-13(6-3-11)21(22)23/h2-9H,10H2,1H3,(H4,17,18,20). The van der Waals surface area contributed by atoms with Gasteiger partial charge in [-0.1, -0.05) is 0 Å². The summed E-state index contributed by atoms with van der Waals surface area (Å²) in [6, 6.07) is 11.3. The van der Waals surface area contributed by atoms with Gasteiger partial charge in [0.1, 0.15) is 6.61 Å². The lowest BCUT2D eigenvalue weighted by Gasteiger charge is -2.11. The summed E-state index contributed by atoms with van der Waals surface area (Å²) in [7, 11) is 1.52. The normalized spacial score (nSPS) is 10.4. The number of nitro groups is 1. The number of ether oxygens (including phenoxy) is 2. The number of guanidine groups is 1. The van der Waals surface area contributed by atoms with Gasteiger partial charge < -0.3 is 20.9 Å². The summed E-state index contributed by atoms with van der Waals surface area (Å²) in [5.41, 5.74) is 11.9. The first-order chi connectivity index (χ1) is 12.0. The third-order valence-electron chi connectivity index (χ3n) is 3.11. The Morgan fingerprint density at radius 2 is 1.92 bits per heavy atom. The minimum Gasteiger partial charge on any atom is -0.493 e. The van der Waals surface area contributed by atoms with Crippen molar-refractivity contribution in [2.24, 2.45) is 21.7 Å². The van der Waals surface area contributed by atoms with Crippen LogP contribution in [0.1, 0.15) is 11.1 Å². The van der Waals surface area contributed by atoms with Gasteiger partial charge in [0, 0.05) is 12.1 Å². The Morgan fingerprint density at radius 1 is 1.20 bits per heavy atom. The number of nitrogens with zero attached hydrogens (tertiary/aromatic N) is 3. The van der Waals surface area contributed by atoms with Crippen LogP contribution in [-0.4, -0.2) is 24.2 Å². The average Bonchev–Trinajstić information content (AvgIpc) is 2.60. The van der Waals surface area contributed by atoms with E-state index in [0.29, 0.717) is 11.5 Å². The molecule has 0 aliphatic heterocycles. The number of non-ortho nitro benzene ring substituents is 1. The Kier molecular flexibility index (Phi) is 5.88. The zero-order valence-corrected chi connectivity index (χ0v) is 13.5. The van der Waals surface area contributed by atoms with Crippen molar-refractivity contribution < 1.29 is 14.4 Å². The Labute approximate surface area is 143 Å². The Hall–Kier alpha value is -3.62. The lowest BCUT2D eigenvalue weighted by Crippen LogP contribution is -2.21. The molecule has 0 heterocycles. The molecule has 0 aliphatic carbocycles.